The lowest BCUT2D eigenvalue weighted by molar-refractivity contribution is 0.220. The van der Waals surface area contributed by atoms with Gasteiger partial charge >= 0.3 is 0 Å². The molecule has 0 saturated carbocycles. The van der Waals surface area contributed by atoms with E-state index in [1.807, 2.05) is 18.2 Å². The van der Waals surface area contributed by atoms with Crippen molar-refractivity contribution in [3.63, 3.8) is 0 Å². The summed E-state index contributed by atoms with van der Waals surface area (Å²) in [5.41, 5.74) is 2.48. The number of hydrogen-bond donors (Lipinski definition) is 1. The van der Waals surface area contributed by atoms with Gasteiger partial charge in [-0.1, -0.05) is 46.6 Å². The van der Waals surface area contributed by atoms with Crippen molar-refractivity contribution in [2.45, 2.75) is 6.10 Å². The molecule has 4 aromatic rings. The first-order valence-electron chi connectivity index (χ1n) is 7.72. The van der Waals surface area contributed by atoms with Gasteiger partial charge in [0.2, 0.25) is 0 Å². The van der Waals surface area contributed by atoms with E-state index in [-0.39, 0.29) is 0 Å². The second kappa shape index (κ2) is 7.21. The number of hydrogen-bond acceptors (Lipinski definition) is 5. The van der Waals surface area contributed by atoms with Crippen LogP contribution in [-0.4, -0.2) is 15.2 Å². The predicted molar refractivity (Wildman–Crippen MR) is 104 cm³/mol. The molecule has 0 aliphatic rings. The van der Waals surface area contributed by atoms with Crippen LogP contribution in [0.15, 0.2) is 65.4 Å². The van der Waals surface area contributed by atoms with E-state index in [1.165, 1.54) is 11.3 Å². The monoisotopic (exact) mass is 402 g/mol. The number of pyridine rings is 1. The van der Waals surface area contributed by atoms with Crippen LogP contribution in [0.1, 0.15) is 17.2 Å². The summed E-state index contributed by atoms with van der Waals surface area (Å²) in [4.78, 5) is 4.90. The highest BCUT2D eigenvalue weighted by molar-refractivity contribution is 7.19. The third-order valence-corrected chi connectivity index (χ3v) is 5.37. The zero-order chi connectivity index (χ0) is 18.1. The second-order valence-corrected chi connectivity index (χ2v) is 7.73. The third-order valence-electron chi connectivity index (χ3n) is 3.89. The maximum Gasteiger partial charge on any atom is 0.173 e. The molecule has 4 rings (SSSR count). The second-order valence-electron chi connectivity index (χ2n) is 5.58. The third kappa shape index (κ3) is 3.27. The highest BCUT2D eigenvalue weighted by atomic mass is 35.5. The van der Waals surface area contributed by atoms with Gasteiger partial charge in [-0.15, -0.1) is 11.3 Å². The van der Waals surface area contributed by atoms with Gasteiger partial charge in [0.1, 0.15) is 11.8 Å². The van der Waals surface area contributed by atoms with E-state index < -0.39 is 6.10 Å². The summed E-state index contributed by atoms with van der Waals surface area (Å²) in [7, 11) is 0. The number of aromatic nitrogens is 2. The summed E-state index contributed by atoms with van der Waals surface area (Å²) >= 11 is 13.6. The van der Waals surface area contributed by atoms with Crippen molar-refractivity contribution in [1.82, 2.24) is 10.1 Å². The van der Waals surface area contributed by atoms with Gasteiger partial charge in [-0.2, -0.15) is 0 Å². The highest BCUT2D eigenvalue weighted by Gasteiger charge is 2.27. The van der Waals surface area contributed by atoms with E-state index in [2.05, 4.69) is 10.1 Å². The lowest BCUT2D eigenvalue weighted by atomic mass is 9.97. The van der Waals surface area contributed by atoms with Gasteiger partial charge in [0.05, 0.1) is 14.8 Å². The van der Waals surface area contributed by atoms with Crippen LogP contribution in [0.4, 0.5) is 0 Å². The molecule has 0 saturated heterocycles. The van der Waals surface area contributed by atoms with Crippen LogP contribution < -0.4 is 0 Å². The Morgan fingerprint density at radius 3 is 2.65 bits per heavy atom. The number of benzene rings is 1. The van der Waals surface area contributed by atoms with Gasteiger partial charge in [-0.05, 0) is 30.3 Å². The van der Waals surface area contributed by atoms with Gasteiger partial charge in [-0.3, -0.25) is 4.98 Å². The maximum atomic E-state index is 11.0. The largest absolute Gasteiger partial charge is 0.383 e. The number of aliphatic hydroxyl groups excluding tert-OH is 1. The summed E-state index contributed by atoms with van der Waals surface area (Å²) in [5, 5.41) is 15.8. The first kappa shape index (κ1) is 17.2. The SMILES string of the molecule is OC(c1cccnc1)c1c(-c2ccc(Cl)s2)noc1-c1cccc(Cl)c1. The minimum absolute atomic E-state index is 0.461. The number of halogens is 2. The molecule has 4 nitrogen and oxygen atoms in total. The van der Waals surface area contributed by atoms with Crippen molar-refractivity contribution < 1.29 is 9.63 Å². The highest BCUT2D eigenvalue weighted by Crippen LogP contribution is 2.42. The van der Waals surface area contributed by atoms with Gasteiger partial charge in [-0.25, -0.2) is 0 Å². The molecule has 0 amide bonds. The topological polar surface area (TPSA) is 59.2 Å². The van der Waals surface area contributed by atoms with Crippen molar-refractivity contribution in [1.29, 1.82) is 0 Å². The van der Waals surface area contributed by atoms with Crippen molar-refractivity contribution in [3.8, 4) is 21.9 Å². The van der Waals surface area contributed by atoms with Crippen LogP contribution >= 0.6 is 34.5 Å². The zero-order valence-corrected chi connectivity index (χ0v) is 15.6. The van der Waals surface area contributed by atoms with E-state index in [0.717, 1.165) is 10.4 Å². The van der Waals surface area contributed by atoms with Gasteiger partial charge < -0.3 is 9.63 Å². The first-order chi connectivity index (χ1) is 12.6. The van der Waals surface area contributed by atoms with E-state index in [9.17, 15) is 5.11 Å². The molecule has 7 heteroatoms. The van der Waals surface area contributed by atoms with Crippen molar-refractivity contribution >= 4 is 34.5 Å². The molecule has 0 fully saturated rings. The Balaban J connectivity index is 1.91. The van der Waals surface area contributed by atoms with Crippen LogP contribution in [0.25, 0.3) is 21.9 Å². The fourth-order valence-corrected chi connectivity index (χ4v) is 3.94. The Morgan fingerprint density at radius 2 is 1.96 bits per heavy atom. The van der Waals surface area contributed by atoms with Crippen LogP contribution in [0.3, 0.4) is 0 Å². The number of thiophene rings is 1. The Kier molecular flexibility index (Phi) is 4.78. The molecule has 0 aliphatic carbocycles. The average Bonchev–Trinajstić information content (AvgIpc) is 3.28. The predicted octanol–water partition coefficient (Wildman–Crippen LogP) is 5.85. The molecular weight excluding hydrogens is 391 g/mol. The molecule has 1 aromatic carbocycles. The lowest BCUT2D eigenvalue weighted by Crippen LogP contribution is -2.02. The van der Waals surface area contributed by atoms with Crippen LogP contribution in [-0.2, 0) is 0 Å². The maximum absolute atomic E-state index is 11.0. The van der Waals surface area contributed by atoms with Crippen LogP contribution in [0.5, 0.6) is 0 Å². The summed E-state index contributed by atoms with van der Waals surface area (Å²) in [5.74, 6) is 0.461. The van der Waals surface area contributed by atoms with E-state index in [4.69, 9.17) is 27.7 Å². The smallest absolute Gasteiger partial charge is 0.173 e. The fraction of sp³-hybridized carbons (Fsp3) is 0.0526. The first-order valence-corrected chi connectivity index (χ1v) is 9.30. The molecule has 3 aromatic heterocycles. The molecule has 1 atom stereocenters. The quantitative estimate of drug-likeness (QED) is 0.464. The zero-order valence-electron chi connectivity index (χ0n) is 13.3. The molecule has 0 bridgehead atoms. The number of rotatable bonds is 4. The van der Waals surface area contributed by atoms with Gasteiger partial charge in [0.25, 0.3) is 0 Å². The van der Waals surface area contributed by atoms with E-state index >= 15 is 0 Å². The molecule has 3 heterocycles. The Morgan fingerprint density at radius 1 is 1.08 bits per heavy atom. The molecule has 0 radical (unpaired) electrons. The van der Waals surface area contributed by atoms with E-state index in [1.54, 1.807) is 42.7 Å². The molecule has 0 aliphatic heterocycles. The van der Waals surface area contributed by atoms with Crippen LogP contribution in [0.2, 0.25) is 9.36 Å². The Bertz CT molecular complexity index is 1050. The molecule has 1 N–H and O–H groups in total. The Hall–Kier alpha value is -2.18. The number of nitrogens with zero attached hydrogens (tertiary/aromatic N) is 2. The fourth-order valence-electron chi connectivity index (χ4n) is 2.71. The molecule has 26 heavy (non-hydrogen) atoms. The van der Waals surface area contributed by atoms with Gasteiger partial charge in [0, 0.05) is 28.5 Å². The Labute approximate surface area is 163 Å². The minimum Gasteiger partial charge on any atom is -0.383 e. The minimum atomic E-state index is -0.959. The molecule has 0 spiro atoms. The number of aliphatic hydroxyl groups is 1. The normalized spacial score (nSPS) is 12.3. The molecule has 130 valence electrons. The van der Waals surface area contributed by atoms with Gasteiger partial charge in [0.15, 0.2) is 5.76 Å². The lowest BCUT2D eigenvalue weighted by Gasteiger charge is -2.12. The molecule has 1 unspecified atom stereocenters. The standard InChI is InChI=1S/C19H12Cl2N2O2S/c20-13-5-1-3-11(9-13)19-16(18(24)12-4-2-8-22-10-12)17(23-25-19)14-6-7-15(21)26-14/h1-10,18,24H. The average molecular weight is 403 g/mol. The summed E-state index contributed by atoms with van der Waals surface area (Å²) in [6, 6.07) is 14.4. The molecular formula is C19H12Cl2N2O2S. The van der Waals surface area contributed by atoms with Crippen molar-refractivity contribution in [2.75, 3.05) is 0 Å². The van der Waals surface area contributed by atoms with E-state index in [0.29, 0.717) is 31.9 Å². The van der Waals surface area contributed by atoms with Crippen LogP contribution in [0, 0.1) is 0 Å². The summed E-state index contributed by atoms with van der Waals surface area (Å²) < 4.78 is 6.25. The van der Waals surface area contributed by atoms with Crippen molar-refractivity contribution in [3.05, 3.63) is 81.4 Å². The summed E-state index contributed by atoms with van der Waals surface area (Å²) in [6.45, 7) is 0. The van der Waals surface area contributed by atoms with Crippen molar-refractivity contribution in [2.24, 2.45) is 0 Å². The summed E-state index contributed by atoms with van der Waals surface area (Å²) in [6.07, 6.45) is 2.31.